The summed E-state index contributed by atoms with van der Waals surface area (Å²) in [6.07, 6.45) is 4.35. The third-order valence-electron chi connectivity index (χ3n) is 4.78. The van der Waals surface area contributed by atoms with Crippen molar-refractivity contribution in [2.24, 2.45) is 13.0 Å². The van der Waals surface area contributed by atoms with Crippen molar-refractivity contribution >= 4 is 6.03 Å². The minimum atomic E-state index is -0.515. The highest BCUT2D eigenvalue weighted by Gasteiger charge is 2.35. The van der Waals surface area contributed by atoms with Crippen LogP contribution in [0.5, 0.6) is 0 Å². The van der Waals surface area contributed by atoms with E-state index in [2.05, 4.69) is 22.4 Å². The largest absolute Gasteiger partial charge is 0.348 e. The number of ether oxygens (including phenoxy) is 2. The van der Waals surface area contributed by atoms with Crippen LogP contribution in [0.15, 0.2) is 6.33 Å². The number of hydrogen-bond donors (Lipinski definition) is 1. The summed E-state index contributed by atoms with van der Waals surface area (Å²) < 4.78 is 13.2. The molecule has 0 radical (unpaired) electrons. The number of carbonyl (C=O) groups is 1. The number of carbonyl (C=O) groups excluding carboxylic acids is 1. The van der Waals surface area contributed by atoms with Crippen molar-refractivity contribution in [3.8, 4) is 0 Å². The van der Waals surface area contributed by atoms with Gasteiger partial charge < -0.3 is 24.3 Å². The van der Waals surface area contributed by atoms with Gasteiger partial charge in [0.05, 0.1) is 19.3 Å². The molecule has 0 unspecified atom stereocenters. The summed E-state index contributed by atoms with van der Waals surface area (Å²) in [5.74, 6) is 0.600. The monoisotopic (exact) mass is 337 g/mol. The van der Waals surface area contributed by atoms with Crippen LogP contribution in [0.3, 0.4) is 0 Å². The van der Waals surface area contributed by atoms with Gasteiger partial charge in [0.2, 0.25) is 0 Å². The Kier molecular flexibility index (Phi) is 5.05. The van der Waals surface area contributed by atoms with Gasteiger partial charge in [-0.1, -0.05) is 6.92 Å². The molecule has 1 N–H and O–H groups in total. The summed E-state index contributed by atoms with van der Waals surface area (Å²) in [5, 5.41) is 11.1. The number of urea groups is 1. The van der Waals surface area contributed by atoms with Crippen molar-refractivity contribution in [3.05, 3.63) is 12.2 Å². The molecule has 2 aliphatic rings. The van der Waals surface area contributed by atoms with Gasteiger partial charge in [-0.25, -0.2) is 4.79 Å². The van der Waals surface area contributed by atoms with Crippen LogP contribution in [0.25, 0.3) is 0 Å². The van der Waals surface area contributed by atoms with E-state index in [0.717, 1.165) is 31.6 Å². The molecule has 2 fully saturated rings. The normalized spacial score (nSPS) is 24.3. The maximum atomic E-state index is 12.6. The van der Waals surface area contributed by atoms with E-state index in [1.165, 1.54) is 0 Å². The number of nitrogens with zero attached hydrogens (tertiary/aromatic N) is 4. The molecular weight excluding hydrogens is 310 g/mol. The number of amides is 2. The van der Waals surface area contributed by atoms with Gasteiger partial charge in [0, 0.05) is 26.6 Å². The molecular formula is C16H27N5O3. The summed E-state index contributed by atoms with van der Waals surface area (Å²) in [5.41, 5.74) is 0. The highest BCUT2D eigenvalue weighted by Crippen LogP contribution is 2.30. The summed E-state index contributed by atoms with van der Waals surface area (Å²) in [6.45, 7) is 6.69. The standard InChI is InChI=1S/C16H27N5O3/c1-12(9-16(2)23-7-8-24-16)10-17-15(22)21-6-4-5-13(21)14-19-18-11-20(14)3/h11-13H,4-10H2,1-3H3,(H,17,22)/t12-,13+/m0/s1. The van der Waals surface area contributed by atoms with Crippen LogP contribution in [0.1, 0.15) is 45.0 Å². The predicted octanol–water partition coefficient (Wildman–Crippen LogP) is 1.45. The van der Waals surface area contributed by atoms with E-state index in [4.69, 9.17) is 9.47 Å². The van der Waals surface area contributed by atoms with Crippen LogP contribution in [0.4, 0.5) is 4.79 Å². The highest BCUT2D eigenvalue weighted by atomic mass is 16.7. The minimum absolute atomic E-state index is 0.00632. The van der Waals surface area contributed by atoms with Crippen molar-refractivity contribution in [1.82, 2.24) is 25.0 Å². The van der Waals surface area contributed by atoms with Gasteiger partial charge in [-0.3, -0.25) is 0 Å². The van der Waals surface area contributed by atoms with E-state index >= 15 is 0 Å². The molecule has 2 amide bonds. The van der Waals surface area contributed by atoms with Gasteiger partial charge >= 0.3 is 6.03 Å². The summed E-state index contributed by atoms with van der Waals surface area (Å²) in [7, 11) is 1.91. The van der Waals surface area contributed by atoms with Crippen molar-refractivity contribution < 1.29 is 14.3 Å². The van der Waals surface area contributed by atoms with Crippen LogP contribution in [0.2, 0.25) is 0 Å². The second-order valence-electron chi connectivity index (χ2n) is 6.98. The van der Waals surface area contributed by atoms with Crippen LogP contribution >= 0.6 is 0 Å². The lowest BCUT2D eigenvalue weighted by Crippen LogP contribution is -2.42. The molecule has 0 aromatic carbocycles. The zero-order chi connectivity index (χ0) is 17.2. The van der Waals surface area contributed by atoms with E-state index in [-0.39, 0.29) is 18.0 Å². The first-order valence-corrected chi connectivity index (χ1v) is 8.65. The predicted molar refractivity (Wildman–Crippen MR) is 87.2 cm³/mol. The Morgan fingerprint density at radius 3 is 2.92 bits per heavy atom. The number of aromatic nitrogens is 3. The average Bonchev–Trinajstić information content (AvgIpc) is 3.25. The van der Waals surface area contributed by atoms with Crippen molar-refractivity contribution in [2.45, 2.75) is 44.9 Å². The zero-order valence-corrected chi connectivity index (χ0v) is 14.7. The summed E-state index contributed by atoms with van der Waals surface area (Å²) in [6, 6.07) is -0.0300. The van der Waals surface area contributed by atoms with E-state index in [9.17, 15) is 4.79 Å². The SMILES string of the molecule is C[C@H](CNC(=O)N1CCC[C@@H]1c1nncn1C)CC1(C)OCCO1. The van der Waals surface area contributed by atoms with Crippen molar-refractivity contribution in [3.63, 3.8) is 0 Å². The van der Waals surface area contributed by atoms with Crippen molar-refractivity contribution in [2.75, 3.05) is 26.3 Å². The number of aryl methyl sites for hydroxylation is 1. The third-order valence-corrected chi connectivity index (χ3v) is 4.78. The first-order valence-electron chi connectivity index (χ1n) is 8.65. The number of likely N-dealkylation sites (tertiary alicyclic amines) is 1. The summed E-state index contributed by atoms with van der Waals surface area (Å²) >= 11 is 0. The lowest BCUT2D eigenvalue weighted by Gasteiger charge is -2.28. The van der Waals surface area contributed by atoms with Gasteiger partial charge in [0.25, 0.3) is 0 Å². The van der Waals surface area contributed by atoms with E-state index in [1.54, 1.807) is 6.33 Å². The Balaban J connectivity index is 1.52. The van der Waals surface area contributed by atoms with Crippen LogP contribution in [-0.4, -0.2) is 57.8 Å². The Morgan fingerprint density at radius 1 is 1.50 bits per heavy atom. The molecule has 8 heteroatoms. The summed E-state index contributed by atoms with van der Waals surface area (Å²) in [4.78, 5) is 14.4. The topological polar surface area (TPSA) is 81.5 Å². The molecule has 0 spiro atoms. The second-order valence-corrected chi connectivity index (χ2v) is 6.98. The Hall–Kier alpha value is -1.67. The highest BCUT2D eigenvalue weighted by molar-refractivity contribution is 5.75. The first-order chi connectivity index (χ1) is 11.5. The molecule has 1 aromatic rings. The Bertz CT molecular complexity index is 570. The molecule has 8 nitrogen and oxygen atoms in total. The molecule has 0 saturated carbocycles. The van der Waals surface area contributed by atoms with E-state index < -0.39 is 5.79 Å². The fourth-order valence-corrected chi connectivity index (χ4v) is 3.61. The smallest absolute Gasteiger partial charge is 0.318 e. The lowest BCUT2D eigenvalue weighted by molar-refractivity contribution is -0.153. The third kappa shape index (κ3) is 3.70. The fraction of sp³-hybridized carbons (Fsp3) is 0.812. The molecule has 1 aromatic heterocycles. The van der Waals surface area contributed by atoms with E-state index in [1.807, 2.05) is 23.4 Å². The molecule has 2 atom stereocenters. The van der Waals surface area contributed by atoms with Gasteiger partial charge in [-0.15, -0.1) is 10.2 Å². The van der Waals surface area contributed by atoms with Crippen LogP contribution in [0, 0.1) is 5.92 Å². The fourth-order valence-electron chi connectivity index (χ4n) is 3.61. The van der Waals surface area contributed by atoms with Crippen LogP contribution in [-0.2, 0) is 16.5 Å². The lowest BCUT2D eigenvalue weighted by atomic mass is 10.0. The molecule has 134 valence electrons. The van der Waals surface area contributed by atoms with Gasteiger partial charge in [-0.05, 0) is 25.7 Å². The van der Waals surface area contributed by atoms with Crippen molar-refractivity contribution in [1.29, 1.82) is 0 Å². The number of rotatable bonds is 5. The zero-order valence-electron chi connectivity index (χ0n) is 14.7. The second kappa shape index (κ2) is 7.06. The molecule has 3 heterocycles. The molecule has 0 aliphatic carbocycles. The average molecular weight is 337 g/mol. The van der Waals surface area contributed by atoms with Crippen LogP contribution < -0.4 is 5.32 Å². The van der Waals surface area contributed by atoms with Gasteiger partial charge in [0.15, 0.2) is 11.6 Å². The Labute approximate surface area is 142 Å². The maximum absolute atomic E-state index is 12.6. The quantitative estimate of drug-likeness (QED) is 0.879. The number of hydrogen-bond acceptors (Lipinski definition) is 5. The maximum Gasteiger partial charge on any atom is 0.318 e. The van der Waals surface area contributed by atoms with Gasteiger partial charge in [0.1, 0.15) is 6.33 Å². The molecule has 3 rings (SSSR count). The molecule has 2 aliphatic heterocycles. The molecule has 0 bridgehead atoms. The minimum Gasteiger partial charge on any atom is -0.348 e. The number of nitrogens with one attached hydrogen (secondary N) is 1. The Morgan fingerprint density at radius 2 is 2.25 bits per heavy atom. The molecule has 24 heavy (non-hydrogen) atoms. The molecule has 2 saturated heterocycles. The first kappa shape index (κ1) is 17.2. The van der Waals surface area contributed by atoms with E-state index in [0.29, 0.717) is 19.8 Å². The van der Waals surface area contributed by atoms with Gasteiger partial charge in [-0.2, -0.15) is 0 Å².